The van der Waals surface area contributed by atoms with Crippen molar-refractivity contribution in [1.82, 2.24) is 14.3 Å². The van der Waals surface area contributed by atoms with Crippen LogP contribution in [0.4, 0.5) is 5.69 Å². The Balaban J connectivity index is 2.14. The molecule has 84 valence electrons. The predicted octanol–water partition coefficient (Wildman–Crippen LogP) is 2.82. The second kappa shape index (κ2) is 4.31. The van der Waals surface area contributed by atoms with E-state index < -0.39 is 0 Å². The Kier molecular flexibility index (Phi) is 2.66. The van der Waals surface area contributed by atoms with Gasteiger partial charge in [0.05, 0.1) is 5.52 Å². The number of benzene rings is 1. The highest BCUT2D eigenvalue weighted by molar-refractivity contribution is 8.01. The monoisotopic (exact) mass is 260 g/mol. The Bertz CT molecular complexity index is 652. The first kappa shape index (κ1) is 10.5. The Hall–Kier alpha value is -1.66. The molecule has 0 aliphatic carbocycles. The van der Waals surface area contributed by atoms with Gasteiger partial charge in [-0.3, -0.25) is 4.98 Å². The third-order valence-electron chi connectivity index (χ3n) is 2.30. The molecule has 2 heterocycles. The van der Waals surface area contributed by atoms with E-state index in [4.69, 9.17) is 5.73 Å². The number of aromatic nitrogens is 3. The second-order valence-electron chi connectivity index (χ2n) is 3.36. The summed E-state index contributed by atoms with van der Waals surface area (Å²) in [6.07, 6.45) is 3.33. The van der Waals surface area contributed by atoms with Gasteiger partial charge in [-0.2, -0.15) is 4.37 Å². The fourth-order valence-corrected chi connectivity index (χ4v) is 3.06. The summed E-state index contributed by atoms with van der Waals surface area (Å²) in [6.45, 7) is 0. The minimum Gasteiger partial charge on any atom is -0.398 e. The third kappa shape index (κ3) is 1.96. The van der Waals surface area contributed by atoms with Crippen LogP contribution in [-0.4, -0.2) is 14.3 Å². The zero-order valence-corrected chi connectivity index (χ0v) is 10.3. The molecule has 3 aromatic rings. The van der Waals surface area contributed by atoms with E-state index in [0.717, 1.165) is 25.8 Å². The number of anilines is 1. The van der Waals surface area contributed by atoms with Gasteiger partial charge in [0.25, 0.3) is 0 Å². The van der Waals surface area contributed by atoms with Gasteiger partial charge < -0.3 is 5.73 Å². The largest absolute Gasteiger partial charge is 0.398 e. The first-order valence-electron chi connectivity index (χ1n) is 4.92. The van der Waals surface area contributed by atoms with Gasteiger partial charge in [-0.1, -0.05) is 11.8 Å². The summed E-state index contributed by atoms with van der Waals surface area (Å²) in [5, 5.41) is 0.974. The summed E-state index contributed by atoms with van der Waals surface area (Å²) in [5.74, 6) is 0. The maximum atomic E-state index is 5.92. The molecule has 0 aliphatic heterocycles. The van der Waals surface area contributed by atoms with Crippen LogP contribution in [0.25, 0.3) is 10.9 Å². The van der Waals surface area contributed by atoms with Crippen LogP contribution in [-0.2, 0) is 0 Å². The number of nitrogens with zero attached hydrogens (tertiary/aromatic N) is 3. The van der Waals surface area contributed by atoms with Crippen LogP contribution in [0.5, 0.6) is 0 Å². The summed E-state index contributed by atoms with van der Waals surface area (Å²) >= 11 is 2.93. The molecule has 0 aliphatic rings. The molecule has 4 nitrogen and oxygen atoms in total. The molecule has 0 radical (unpaired) electrons. The van der Waals surface area contributed by atoms with Crippen molar-refractivity contribution >= 4 is 39.9 Å². The molecule has 0 atom stereocenters. The van der Waals surface area contributed by atoms with Crippen molar-refractivity contribution in [2.24, 2.45) is 0 Å². The van der Waals surface area contributed by atoms with Gasteiger partial charge in [-0.25, -0.2) is 4.98 Å². The van der Waals surface area contributed by atoms with E-state index in [2.05, 4.69) is 14.3 Å². The minimum atomic E-state index is 0.745. The Morgan fingerprint density at radius 3 is 2.94 bits per heavy atom. The van der Waals surface area contributed by atoms with Crippen LogP contribution in [0.2, 0.25) is 0 Å². The molecule has 2 aromatic heterocycles. The average molecular weight is 260 g/mol. The summed E-state index contributed by atoms with van der Waals surface area (Å²) in [4.78, 5) is 9.58. The molecule has 2 N–H and O–H groups in total. The summed E-state index contributed by atoms with van der Waals surface area (Å²) in [5.41, 5.74) is 7.58. The van der Waals surface area contributed by atoms with Crippen molar-refractivity contribution in [2.45, 2.75) is 9.24 Å². The predicted molar refractivity (Wildman–Crippen MR) is 70.2 cm³/mol. The molecule has 0 unspecified atom stereocenters. The van der Waals surface area contributed by atoms with Crippen LogP contribution in [0, 0.1) is 0 Å². The van der Waals surface area contributed by atoms with E-state index in [-0.39, 0.29) is 0 Å². The highest BCUT2D eigenvalue weighted by Crippen LogP contribution is 2.34. The fraction of sp³-hybridized carbons (Fsp3) is 0. The normalized spacial score (nSPS) is 10.8. The molecule has 0 fully saturated rings. The standard InChI is InChI=1S/C11H8N4S2/c12-8-3-4-9(16-11-14-6-15-17-11)10-7(8)2-1-5-13-10/h1-6H,12H2. The van der Waals surface area contributed by atoms with E-state index in [1.165, 1.54) is 11.5 Å². The number of pyridine rings is 1. The van der Waals surface area contributed by atoms with Crippen molar-refractivity contribution in [2.75, 3.05) is 5.73 Å². The lowest BCUT2D eigenvalue weighted by atomic mass is 10.2. The lowest BCUT2D eigenvalue weighted by Gasteiger charge is -2.05. The molecule has 0 amide bonds. The molecule has 1 aromatic carbocycles. The first-order valence-corrected chi connectivity index (χ1v) is 6.51. The molecular formula is C11H8N4S2. The van der Waals surface area contributed by atoms with Crippen molar-refractivity contribution in [3.05, 3.63) is 36.8 Å². The summed E-state index contributed by atoms with van der Waals surface area (Å²) in [6, 6.07) is 7.73. The Labute approximate surface area is 106 Å². The number of rotatable bonds is 2. The molecule has 0 spiro atoms. The van der Waals surface area contributed by atoms with Crippen LogP contribution in [0.1, 0.15) is 0 Å². The minimum absolute atomic E-state index is 0.745. The zero-order chi connectivity index (χ0) is 11.7. The van der Waals surface area contributed by atoms with E-state index in [9.17, 15) is 0 Å². The smallest absolute Gasteiger partial charge is 0.174 e. The molecule has 0 saturated heterocycles. The molecular weight excluding hydrogens is 252 g/mol. The molecule has 6 heteroatoms. The van der Waals surface area contributed by atoms with Gasteiger partial charge >= 0.3 is 0 Å². The van der Waals surface area contributed by atoms with Crippen LogP contribution < -0.4 is 5.73 Å². The zero-order valence-electron chi connectivity index (χ0n) is 8.70. The quantitative estimate of drug-likeness (QED) is 0.718. The average Bonchev–Trinajstić information content (AvgIpc) is 2.86. The van der Waals surface area contributed by atoms with Crippen molar-refractivity contribution in [3.8, 4) is 0 Å². The van der Waals surface area contributed by atoms with Crippen LogP contribution in [0.3, 0.4) is 0 Å². The van der Waals surface area contributed by atoms with E-state index in [0.29, 0.717) is 0 Å². The van der Waals surface area contributed by atoms with E-state index in [1.807, 2.05) is 24.3 Å². The van der Waals surface area contributed by atoms with Crippen LogP contribution >= 0.6 is 23.3 Å². The number of hydrogen-bond acceptors (Lipinski definition) is 6. The summed E-state index contributed by atoms with van der Waals surface area (Å²) in [7, 11) is 0. The van der Waals surface area contributed by atoms with E-state index >= 15 is 0 Å². The van der Waals surface area contributed by atoms with Gasteiger partial charge in [0, 0.05) is 22.2 Å². The highest BCUT2D eigenvalue weighted by atomic mass is 32.2. The lowest BCUT2D eigenvalue weighted by molar-refractivity contribution is 1.21. The molecule has 3 rings (SSSR count). The lowest BCUT2D eigenvalue weighted by Crippen LogP contribution is -1.89. The maximum absolute atomic E-state index is 5.92. The number of nitrogen functional groups attached to an aromatic ring is 1. The van der Waals surface area contributed by atoms with Gasteiger partial charge in [0.2, 0.25) is 0 Å². The van der Waals surface area contributed by atoms with Gasteiger partial charge in [0.15, 0.2) is 4.34 Å². The van der Waals surface area contributed by atoms with Crippen molar-refractivity contribution in [3.63, 3.8) is 0 Å². The Morgan fingerprint density at radius 1 is 1.18 bits per heavy atom. The summed E-state index contributed by atoms with van der Waals surface area (Å²) < 4.78 is 4.88. The first-order chi connectivity index (χ1) is 8.34. The molecule has 0 saturated carbocycles. The van der Waals surface area contributed by atoms with Crippen LogP contribution in [0.15, 0.2) is 46.0 Å². The van der Waals surface area contributed by atoms with Crippen molar-refractivity contribution in [1.29, 1.82) is 0 Å². The topological polar surface area (TPSA) is 64.7 Å². The fourth-order valence-electron chi connectivity index (χ4n) is 1.55. The second-order valence-corrected chi connectivity index (χ2v) is 5.43. The van der Waals surface area contributed by atoms with E-state index in [1.54, 1.807) is 24.3 Å². The maximum Gasteiger partial charge on any atom is 0.174 e. The van der Waals surface area contributed by atoms with Gasteiger partial charge in [0.1, 0.15) is 6.33 Å². The third-order valence-corrected chi connectivity index (χ3v) is 4.07. The number of fused-ring (bicyclic) bond motifs is 1. The molecule has 0 bridgehead atoms. The number of hydrogen-bond donors (Lipinski definition) is 1. The molecule has 17 heavy (non-hydrogen) atoms. The Morgan fingerprint density at radius 2 is 2.12 bits per heavy atom. The van der Waals surface area contributed by atoms with Gasteiger partial charge in [-0.15, -0.1) is 0 Å². The van der Waals surface area contributed by atoms with Gasteiger partial charge in [-0.05, 0) is 35.8 Å². The SMILES string of the molecule is Nc1ccc(Sc2ncns2)c2ncccc12. The number of nitrogens with two attached hydrogens (primary N) is 1. The van der Waals surface area contributed by atoms with Crippen molar-refractivity contribution < 1.29 is 0 Å². The highest BCUT2D eigenvalue weighted by Gasteiger charge is 2.08.